The van der Waals surface area contributed by atoms with Crippen LogP contribution in [0.5, 0.6) is 0 Å². The van der Waals surface area contributed by atoms with Crippen molar-refractivity contribution in [1.29, 1.82) is 0 Å². The smallest absolute Gasteiger partial charge is 0.408 e. The van der Waals surface area contributed by atoms with E-state index in [1.165, 1.54) is 0 Å². The van der Waals surface area contributed by atoms with Crippen molar-refractivity contribution < 1.29 is 9.21 Å². The minimum Gasteiger partial charge on any atom is -0.408 e. The molecular formula is C23H19N3O3. The lowest BCUT2D eigenvalue weighted by atomic mass is 9.91. The van der Waals surface area contributed by atoms with Crippen molar-refractivity contribution in [2.45, 2.75) is 25.4 Å². The summed E-state index contributed by atoms with van der Waals surface area (Å²) in [6, 6.07) is 19.0. The third-order valence-corrected chi connectivity index (χ3v) is 5.57. The molecule has 0 bridgehead atoms. The Bertz CT molecular complexity index is 1260. The third-order valence-electron chi connectivity index (χ3n) is 5.57. The Morgan fingerprint density at radius 2 is 1.93 bits per heavy atom. The average Bonchev–Trinajstić information content (AvgIpc) is 3.25. The molecule has 0 aliphatic carbocycles. The number of hydrogen-bond acceptors (Lipinski definition) is 4. The molecule has 1 aliphatic rings. The van der Waals surface area contributed by atoms with Gasteiger partial charge in [0.15, 0.2) is 5.58 Å². The zero-order valence-corrected chi connectivity index (χ0v) is 15.8. The summed E-state index contributed by atoms with van der Waals surface area (Å²) in [6.07, 6.45) is 1.78. The second-order valence-corrected chi connectivity index (χ2v) is 7.35. The first kappa shape index (κ1) is 17.4. The number of oxazole rings is 1. The number of carbonyl (C=O) groups is 1. The molecule has 2 aromatic carbocycles. The van der Waals surface area contributed by atoms with Crippen LogP contribution in [0.4, 0.5) is 0 Å². The monoisotopic (exact) mass is 385 g/mol. The molecule has 144 valence electrons. The fourth-order valence-electron chi connectivity index (χ4n) is 4.20. The van der Waals surface area contributed by atoms with Crippen LogP contribution in [0.15, 0.2) is 76.1 Å². The number of fused-ring (bicyclic) bond motifs is 2. The normalized spacial score (nSPS) is 16.9. The first-order valence-corrected chi connectivity index (χ1v) is 9.54. The molecule has 2 atom stereocenters. The summed E-state index contributed by atoms with van der Waals surface area (Å²) >= 11 is 0. The second-order valence-electron chi connectivity index (χ2n) is 7.35. The van der Waals surface area contributed by atoms with Crippen LogP contribution in [-0.2, 0) is 6.54 Å². The highest BCUT2D eigenvalue weighted by Gasteiger charge is 2.40. The molecule has 6 heteroatoms. The van der Waals surface area contributed by atoms with Crippen LogP contribution in [0.2, 0.25) is 0 Å². The molecule has 5 rings (SSSR count). The van der Waals surface area contributed by atoms with Gasteiger partial charge in [-0.15, -0.1) is 0 Å². The van der Waals surface area contributed by atoms with Gasteiger partial charge in [0, 0.05) is 29.9 Å². The van der Waals surface area contributed by atoms with E-state index in [0.717, 1.165) is 22.4 Å². The van der Waals surface area contributed by atoms with Gasteiger partial charge in [-0.2, -0.15) is 0 Å². The van der Waals surface area contributed by atoms with Crippen molar-refractivity contribution in [3.05, 3.63) is 99.8 Å². The minimum absolute atomic E-state index is 0.00370. The predicted octanol–water partition coefficient (Wildman–Crippen LogP) is 4.02. The Labute approximate surface area is 166 Å². The number of amides is 1. The SMILES string of the molecule is C[C@@H](c1ccccn1)[C@H]1c2ccccc2C(=O)N1Cc1ccc2[nH]c(=O)oc2c1. The summed E-state index contributed by atoms with van der Waals surface area (Å²) in [5.41, 5.74) is 4.73. The highest BCUT2D eigenvalue weighted by Crippen LogP contribution is 2.43. The first-order chi connectivity index (χ1) is 14.1. The fourth-order valence-corrected chi connectivity index (χ4v) is 4.20. The van der Waals surface area contributed by atoms with E-state index in [4.69, 9.17) is 4.42 Å². The average molecular weight is 385 g/mol. The van der Waals surface area contributed by atoms with Gasteiger partial charge in [-0.25, -0.2) is 4.79 Å². The predicted molar refractivity (Wildman–Crippen MR) is 109 cm³/mol. The molecule has 0 radical (unpaired) electrons. The standard InChI is InChI=1S/C23H19N3O3/c1-14(18-8-4-5-11-24-18)21-16-6-2-3-7-17(16)22(27)26(21)13-15-9-10-19-20(12-15)29-23(28)25-19/h2-12,14,21H,13H2,1H3,(H,25,28)/t14-,21-/m0/s1. The number of H-pyrrole nitrogens is 1. The van der Waals surface area contributed by atoms with Gasteiger partial charge >= 0.3 is 5.76 Å². The van der Waals surface area contributed by atoms with Gasteiger partial charge in [-0.3, -0.25) is 14.8 Å². The number of nitrogens with zero attached hydrogens (tertiary/aromatic N) is 2. The Kier molecular flexibility index (Phi) is 4.05. The molecule has 6 nitrogen and oxygen atoms in total. The van der Waals surface area contributed by atoms with E-state index >= 15 is 0 Å². The fraction of sp³-hybridized carbons (Fsp3) is 0.174. The number of aromatic amines is 1. The van der Waals surface area contributed by atoms with Crippen LogP contribution < -0.4 is 5.76 Å². The number of carbonyl (C=O) groups excluding carboxylic acids is 1. The van der Waals surface area contributed by atoms with E-state index in [0.29, 0.717) is 17.6 Å². The summed E-state index contributed by atoms with van der Waals surface area (Å²) in [5, 5.41) is 0. The number of nitrogens with one attached hydrogen (secondary N) is 1. The van der Waals surface area contributed by atoms with E-state index < -0.39 is 5.76 Å². The van der Waals surface area contributed by atoms with Crippen molar-refractivity contribution in [1.82, 2.24) is 14.9 Å². The molecule has 0 saturated carbocycles. The molecule has 0 unspecified atom stereocenters. The van der Waals surface area contributed by atoms with E-state index in [-0.39, 0.29) is 17.9 Å². The third kappa shape index (κ3) is 2.93. The molecule has 0 fully saturated rings. The van der Waals surface area contributed by atoms with Crippen molar-refractivity contribution in [3.63, 3.8) is 0 Å². The molecule has 1 N–H and O–H groups in total. The number of hydrogen-bond donors (Lipinski definition) is 1. The van der Waals surface area contributed by atoms with Gasteiger partial charge in [0.1, 0.15) is 0 Å². The Balaban J connectivity index is 1.55. The number of rotatable bonds is 4. The highest BCUT2D eigenvalue weighted by atomic mass is 16.4. The highest BCUT2D eigenvalue weighted by molar-refractivity contribution is 5.99. The summed E-state index contributed by atoms with van der Waals surface area (Å²) in [4.78, 5) is 33.7. The van der Waals surface area contributed by atoms with Crippen LogP contribution in [-0.4, -0.2) is 20.8 Å². The maximum Gasteiger partial charge on any atom is 0.417 e. The topological polar surface area (TPSA) is 79.2 Å². The molecule has 1 amide bonds. The Morgan fingerprint density at radius 1 is 1.10 bits per heavy atom. The molecule has 0 spiro atoms. The lowest BCUT2D eigenvalue weighted by molar-refractivity contribution is 0.0687. The first-order valence-electron chi connectivity index (χ1n) is 9.54. The van der Waals surface area contributed by atoms with E-state index in [2.05, 4.69) is 16.9 Å². The lowest BCUT2D eigenvalue weighted by Gasteiger charge is -2.30. The summed E-state index contributed by atoms with van der Waals surface area (Å²) in [5.74, 6) is -0.454. The zero-order chi connectivity index (χ0) is 20.0. The van der Waals surface area contributed by atoms with E-state index in [1.54, 1.807) is 12.3 Å². The van der Waals surface area contributed by atoms with Crippen LogP contribution in [0.1, 0.15) is 46.1 Å². The maximum atomic E-state index is 13.2. The zero-order valence-electron chi connectivity index (χ0n) is 15.8. The van der Waals surface area contributed by atoms with Gasteiger partial charge in [0.25, 0.3) is 5.91 Å². The Hall–Kier alpha value is -3.67. The van der Waals surface area contributed by atoms with Crippen LogP contribution >= 0.6 is 0 Å². The summed E-state index contributed by atoms with van der Waals surface area (Å²) < 4.78 is 5.18. The van der Waals surface area contributed by atoms with Crippen molar-refractivity contribution in [2.75, 3.05) is 0 Å². The summed E-state index contributed by atoms with van der Waals surface area (Å²) in [6.45, 7) is 2.52. The molecule has 0 saturated heterocycles. The van der Waals surface area contributed by atoms with Crippen molar-refractivity contribution in [3.8, 4) is 0 Å². The number of benzene rings is 2. The molecular weight excluding hydrogens is 366 g/mol. The number of aromatic nitrogens is 2. The molecule has 2 aromatic heterocycles. The second kappa shape index (κ2) is 6.74. The van der Waals surface area contributed by atoms with Crippen molar-refractivity contribution in [2.24, 2.45) is 0 Å². The Morgan fingerprint density at radius 3 is 2.76 bits per heavy atom. The molecule has 3 heterocycles. The van der Waals surface area contributed by atoms with E-state index in [1.807, 2.05) is 59.5 Å². The molecule has 29 heavy (non-hydrogen) atoms. The van der Waals surface area contributed by atoms with Crippen LogP contribution in [0.25, 0.3) is 11.1 Å². The maximum absolute atomic E-state index is 13.2. The molecule has 4 aromatic rings. The van der Waals surface area contributed by atoms with Crippen LogP contribution in [0, 0.1) is 0 Å². The van der Waals surface area contributed by atoms with Gasteiger partial charge in [-0.05, 0) is 41.5 Å². The quantitative estimate of drug-likeness (QED) is 0.575. The van der Waals surface area contributed by atoms with Crippen LogP contribution in [0.3, 0.4) is 0 Å². The minimum atomic E-state index is -0.483. The molecule has 1 aliphatic heterocycles. The van der Waals surface area contributed by atoms with E-state index in [9.17, 15) is 9.59 Å². The van der Waals surface area contributed by atoms with Gasteiger partial charge in [0.2, 0.25) is 0 Å². The number of pyridine rings is 1. The lowest BCUT2D eigenvalue weighted by Crippen LogP contribution is -2.30. The largest absolute Gasteiger partial charge is 0.417 e. The van der Waals surface area contributed by atoms with Gasteiger partial charge < -0.3 is 9.32 Å². The summed E-state index contributed by atoms with van der Waals surface area (Å²) in [7, 11) is 0. The van der Waals surface area contributed by atoms with Gasteiger partial charge in [0.05, 0.1) is 11.6 Å². The van der Waals surface area contributed by atoms with Crippen molar-refractivity contribution >= 4 is 17.0 Å². The van der Waals surface area contributed by atoms with Gasteiger partial charge in [-0.1, -0.05) is 37.3 Å².